The standard InChI is InChI=1S/C22H22N2O2/c25-21(13-19(16-10-11-16)15-6-2-1-3-7-15)23-14-18-12-17-8-4-5-9-20(17)24-22(18)26/h1-9,12,16,19H,10-11,13-14H2,(H,23,25)(H,24,26). The van der Waals surface area contributed by atoms with Crippen LogP contribution >= 0.6 is 0 Å². The quantitative estimate of drug-likeness (QED) is 0.714. The number of pyridine rings is 1. The summed E-state index contributed by atoms with van der Waals surface area (Å²) in [6.45, 7) is 0.255. The van der Waals surface area contributed by atoms with Gasteiger partial charge in [-0.1, -0.05) is 48.5 Å². The minimum Gasteiger partial charge on any atom is -0.352 e. The monoisotopic (exact) mass is 346 g/mol. The number of H-pyrrole nitrogens is 1. The molecule has 4 rings (SSSR count). The average molecular weight is 346 g/mol. The van der Waals surface area contributed by atoms with Gasteiger partial charge in [-0.3, -0.25) is 9.59 Å². The van der Waals surface area contributed by atoms with Crippen LogP contribution in [0.15, 0.2) is 65.5 Å². The molecule has 4 nitrogen and oxygen atoms in total. The molecule has 0 radical (unpaired) electrons. The molecule has 0 aliphatic heterocycles. The first-order valence-electron chi connectivity index (χ1n) is 9.13. The Balaban J connectivity index is 1.44. The summed E-state index contributed by atoms with van der Waals surface area (Å²) in [5.41, 5.74) is 2.48. The number of rotatable bonds is 6. The molecule has 2 aromatic carbocycles. The topological polar surface area (TPSA) is 62.0 Å². The fraction of sp³-hybridized carbons (Fsp3) is 0.273. The number of amides is 1. The lowest BCUT2D eigenvalue weighted by molar-refractivity contribution is -0.121. The van der Waals surface area contributed by atoms with Crippen LogP contribution in [0.1, 0.15) is 36.3 Å². The number of fused-ring (bicyclic) bond motifs is 1. The van der Waals surface area contributed by atoms with Gasteiger partial charge in [0.1, 0.15) is 0 Å². The number of aromatic amines is 1. The Kier molecular flexibility index (Phi) is 4.57. The fourth-order valence-electron chi connectivity index (χ4n) is 3.55. The number of para-hydroxylation sites is 1. The predicted molar refractivity (Wildman–Crippen MR) is 103 cm³/mol. The van der Waals surface area contributed by atoms with Crippen LogP contribution in [0, 0.1) is 5.92 Å². The molecule has 1 atom stereocenters. The summed E-state index contributed by atoms with van der Waals surface area (Å²) in [6, 6.07) is 19.8. The zero-order valence-electron chi connectivity index (χ0n) is 14.6. The van der Waals surface area contributed by atoms with Gasteiger partial charge in [-0.25, -0.2) is 0 Å². The van der Waals surface area contributed by atoms with E-state index in [1.54, 1.807) is 0 Å². The van der Waals surface area contributed by atoms with E-state index < -0.39 is 0 Å². The maximum atomic E-state index is 12.5. The molecule has 0 bridgehead atoms. The molecular formula is C22H22N2O2. The third-order valence-corrected chi connectivity index (χ3v) is 5.13. The average Bonchev–Trinajstić information content (AvgIpc) is 3.50. The lowest BCUT2D eigenvalue weighted by atomic mass is 9.91. The van der Waals surface area contributed by atoms with Crippen LogP contribution < -0.4 is 10.9 Å². The lowest BCUT2D eigenvalue weighted by Gasteiger charge is -2.16. The highest BCUT2D eigenvalue weighted by Crippen LogP contribution is 2.44. The van der Waals surface area contributed by atoms with E-state index in [0.717, 1.165) is 10.9 Å². The smallest absolute Gasteiger partial charge is 0.253 e. The van der Waals surface area contributed by atoms with E-state index in [2.05, 4.69) is 22.4 Å². The molecule has 1 aliphatic rings. The van der Waals surface area contributed by atoms with E-state index >= 15 is 0 Å². The van der Waals surface area contributed by atoms with E-state index in [-0.39, 0.29) is 23.9 Å². The Bertz CT molecular complexity index is 974. The Morgan fingerprint density at radius 1 is 1.08 bits per heavy atom. The Morgan fingerprint density at radius 2 is 1.81 bits per heavy atom. The molecule has 1 unspecified atom stereocenters. The number of benzene rings is 2. The van der Waals surface area contributed by atoms with E-state index in [1.807, 2.05) is 48.5 Å². The van der Waals surface area contributed by atoms with Gasteiger partial charge in [-0.15, -0.1) is 0 Å². The van der Waals surface area contributed by atoms with Crippen molar-refractivity contribution in [1.82, 2.24) is 10.3 Å². The molecule has 0 saturated heterocycles. The third kappa shape index (κ3) is 3.69. The van der Waals surface area contributed by atoms with E-state index in [4.69, 9.17) is 0 Å². The molecule has 3 aromatic rings. The molecule has 1 amide bonds. The summed E-state index contributed by atoms with van der Waals surface area (Å²) in [7, 11) is 0. The normalized spacial score (nSPS) is 14.9. The summed E-state index contributed by atoms with van der Waals surface area (Å²) in [5.74, 6) is 0.872. The fourth-order valence-corrected chi connectivity index (χ4v) is 3.55. The molecule has 4 heteroatoms. The van der Waals surface area contributed by atoms with Crippen molar-refractivity contribution in [3.05, 3.63) is 82.1 Å². The number of hydrogen-bond acceptors (Lipinski definition) is 2. The van der Waals surface area contributed by atoms with Gasteiger partial charge in [0.05, 0.1) is 0 Å². The molecular weight excluding hydrogens is 324 g/mol. The van der Waals surface area contributed by atoms with E-state index in [0.29, 0.717) is 17.9 Å². The Hall–Kier alpha value is -2.88. The number of aromatic nitrogens is 1. The number of hydrogen-bond donors (Lipinski definition) is 2. The highest BCUT2D eigenvalue weighted by atomic mass is 16.1. The van der Waals surface area contributed by atoms with Crippen molar-refractivity contribution < 1.29 is 4.79 Å². The second-order valence-corrected chi connectivity index (χ2v) is 7.05. The second kappa shape index (κ2) is 7.16. The highest BCUT2D eigenvalue weighted by molar-refractivity contribution is 5.79. The molecule has 132 valence electrons. The van der Waals surface area contributed by atoms with Gasteiger partial charge in [0, 0.05) is 24.0 Å². The summed E-state index contributed by atoms with van der Waals surface area (Å²) < 4.78 is 0. The van der Waals surface area contributed by atoms with Crippen LogP contribution in [0.25, 0.3) is 10.9 Å². The van der Waals surface area contributed by atoms with Crippen LogP contribution in [0.5, 0.6) is 0 Å². The number of carbonyl (C=O) groups excluding carboxylic acids is 1. The number of nitrogens with one attached hydrogen (secondary N) is 2. The minimum atomic E-state index is -0.147. The van der Waals surface area contributed by atoms with Crippen LogP contribution in [0.3, 0.4) is 0 Å². The van der Waals surface area contributed by atoms with Gasteiger partial charge in [-0.2, -0.15) is 0 Å². The molecule has 1 aromatic heterocycles. The van der Waals surface area contributed by atoms with Gasteiger partial charge in [0.15, 0.2) is 0 Å². The molecule has 1 heterocycles. The zero-order chi connectivity index (χ0) is 17.9. The first-order valence-corrected chi connectivity index (χ1v) is 9.13. The van der Waals surface area contributed by atoms with Crippen molar-refractivity contribution in [1.29, 1.82) is 0 Å². The van der Waals surface area contributed by atoms with Crippen LogP contribution in [0.2, 0.25) is 0 Å². The highest BCUT2D eigenvalue weighted by Gasteiger charge is 2.33. The van der Waals surface area contributed by atoms with Crippen molar-refractivity contribution >= 4 is 16.8 Å². The Morgan fingerprint density at radius 3 is 2.58 bits per heavy atom. The van der Waals surface area contributed by atoms with Gasteiger partial charge >= 0.3 is 0 Å². The summed E-state index contributed by atoms with van der Waals surface area (Å²) in [5, 5.41) is 3.90. The summed E-state index contributed by atoms with van der Waals surface area (Å²) in [4.78, 5) is 27.6. The van der Waals surface area contributed by atoms with Crippen molar-refractivity contribution in [3.8, 4) is 0 Å². The SMILES string of the molecule is O=C(CC(c1ccccc1)C1CC1)NCc1cc2ccccc2[nH]c1=O. The number of carbonyl (C=O) groups is 1. The van der Waals surface area contributed by atoms with Gasteiger partial charge < -0.3 is 10.3 Å². The van der Waals surface area contributed by atoms with Gasteiger partial charge in [0.25, 0.3) is 5.56 Å². The molecule has 1 aliphatic carbocycles. The van der Waals surface area contributed by atoms with Crippen molar-refractivity contribution in [2.75, 3.05) is 0 Å². The molecule has 1 saturated carbocycles. The van der Waals surface area contributed by atoms with Crippen LogP contribution in [0.4, 0.5) is 0 Å². The lowest BCUT2D eigenvalue weighted by Crippen LogP contribution is -2.28. The third-order valence-electron chi connectivity index (χ3n) is 5.13. The zero-order valence-corrected chi connectivity index (χ0v) is 14.6. The second-order valence-electron chi connectivity index (χ2n) is 7.05. The van der Waals surface area contributed by atoms with Crippen LogP contribution in [-0.4, -0.2) is 10.9 Å². The van der Waals surface area contributed by atoms with E-state index in [9.17, 15) is 9.59 Å². The van der Waals surface area contributed by atoms with Crippen molar-refractivity contribution in [2.45, 2.75) is 31.7 Å². The maximum absolute atomic E-state index is 12.5. The summed E-state index contributed by atoms with van der Waals surface area (Å²) in [6.07, 6.45) is 2.86. The first-order chi connectivity index (χ1) is 12.7. The maximum Gasteiger partial charge on any atom is 0.253 e. The molecule has 1 fully saturated rings. The first kappa shape index (κ1) is 16.6. The Labute approximate surface area is 152 Å². The molecule has 26 heavy (non-hydrogen) atoms. The molecule has 2 N–H and O–H groups in total. The summed E-state index contributed by atoms with van der Waals surface area (Å²) >= 11 is 0. The minimum absolute atomic E-state index is 0.00156. The largest absolute Gasteiger partial charge is 0.352 e. The molecule has 0 spiro atoms. The van der Waals surface area contributed by atoms with Crippen LogP contribution in [-0.2, 0) is 11.3 Å². The predicted octanol–water partition coefficient (Wildman–Crippen LogP) is 3.73. The van der Waals surface area contributed by atoms with Gasteiger partial charge in [0.2, 0.25) is 5.91 Å². The van der Waals surface area contributed by atoms with Crippen molar-refractivity contribution in [2.24, 2.45) is 5.92 Å². The van der Waals surface area contributed by atoms with E-state index in [1.165, 1.54) is 18.4 Å². The van der Waals surface area contributed by atoms with Gasteiger partial charge in [-0.05, 0) is 47.8 Å². The van der Waals surface area contributed by atoms with Crippen molar-refractivity contribution in [3.63, 3.8) is 0 Å².